The number of para-hydroxylation sites is 1. The van der Waals surface area contributed by atoms with E-state index in [9.17, 15) is 0 Å². The number of fused-ring (bicyclic) bond motifs is 1. The molecule has 148 valence electrons. The summed E-state index contributed by atoms with van der Waals surface area (Å²) in [7, 11) is 0. The number of benzene rings is 1. The van der Waals surface area contributed by atoms with E-state index in [1.807, 2.05) is 0 Å². The molecule has 0 amide bonds. The SMILES string of the molecule is CC(C)C1CCC(n2c(C3CCNCC3)c(CCN)c3ccccc32)CC1. The van der Waals surface area contributed by atoms with Crippen LogP contribution in [0.25, 0.3) is 10.9 Å². The maximum absolute atomic E-state index is 6.07. The second-order valence-corrected chi connectivity index (χ2v) is 9.13. The zero-order valence-corrected chi connectivity index (χ0v) is 17.2. The summed E-state index contributed by atoms with van der Waals surface area (Å²) in [5.74, 6) is 2.42. The van der Waals surface area contributed by atoms with E-state index in [2.05, 4.69) is 48.0 Å². The molecule has 3 heteroatoms. The molecule has 0 spiro atoms. The number of rotatable bonds is 5. The topological polar surface area (TPSA) is 43.0 Å². The summed E-state index contributed by atoms with van der Waals surface area (Å²) in [6.45, 7) is 7.83. The van der Waals surface area contributed by atoms with Gasteiger partial charge >= 0.3 is 0 Å². The zero-order chi connectivity index (χ0) is 18.8. The highest BCUT2D eigenvalue weighted by atomic mass is 15.0. The van der Waals surface area contributed by atoms with E-state index in [1.165, 1.54) is 49.4 Å². The molecule has 1 saturated carbocycles. The lowest BCUT2D eigenvalue weighted by molar-refractivity contribution is 0.224. The second-order valence-electron chi connectivity index (χ2n) is 9.13. The summed E-state index contributed by atoms with van der Waals surface area (Å²) >= 11 is 0. The molecule has 27 heavy (non-hydrogen) atoms. The van der Waals surface area contributed by atoms with Gasteiger partial charge in [-0.1, -0.05) is 32.0 Å². The van der Waals surface area contributed by atoms with Crippen LogP contribution in [0.15, 0.2) is 24.3 Å². The van der Waals surface area contributed by atoms with Gasteiger partial charge in [-0.25, -0.2) is 0 Å². The molecule has 1 saturated heterocycles. The monoisotopic (exact) mass is 367 g/mol. The molecule has 0 unspecified atom stereocenters. The van der Waals surface area contributed by atoms with Gasteiger partial charge in [0.2, 0.25) is 0 Å². The molecular formula is C24H37N3. The average Bonchev–Trinajstić information content (AvgIpc) is 3.03. The van der Waals surface area contributed by atoms with E-state index in [0.29, 0.717) is 12.0 Å². The van der Waals surface area contributed by atoms with Crippen molar-refractivity contribution >= 4 is 10.9 Å². The summed E-state index contributed by atoms with van der Waals surface area (Å²) in [6, 6.07) is 9.78. The predicted molar refractivity (Wildman–Crippen MR) is 115 cm³/mol. The minimum absolute atomic E-state index is 0.668. The first-order valence-electron chi connectivity index (χ1n) is 11.2. The minimum atomic E-state index is 0.668. The lowest BCUT2D eigenvalue weighted by Gasteiger charge is -2.35. The van der Waals surface area contributed by atoms with E-state index in [-0.39, 0.29) is 0 Å². The van der Waals surface area contributed by atoms with Crippen molar-refractivity contribution in [2.75, 3.05) is 19.6 Å². The molecule has 0 radical (unpaired) electrons. The highest BCUT2D eigenvalue weighted by Crippen LogP contribution is 2.43. The molecule has 1 aromatic carbocycles. The summed E-state index contributed by atoms with van der Waals surface area (Å²) in [5.41, 5.74) is 10.7. The third-order valence-electron chi connectivity index (χ3n) is 7.23. The van der Waals surface area contributed by atoms with E-state index < -0.39 is 0 Å². The predicted octanol–water partition coefficient (Wildman–Crippen LogP) is 5.00. The number of hydrogen-bond donors (Lipinski definition) is 2. The van der Waals surface area contributed by atoms with Crippen molar-refractivity contribution < 1.29 is 0 Å². The first-order valence-corrected chi connectivity index (χ1v) is 11.2. The number of nitrogens with two attached hydrogens (primary N) is 1. The Balaban J connectivity index is 1.78. The van der Waals surface area contributed by atoms with Gasteiger partial charge in [0.25, 0.3) is 0 Å². The van der Waals surface area contributed by atoms with Gasteiger partial charge in [0.05, 0.1) is 0 Å². The van der Waals surface area contributed by atoms with E-state index in [4.69, 9.17) is 5.73 Å². The number of nitrogens with zero attached hydrogens (tertiary/aromatic N) is 1. The van der Waals surface area contributed by atoms with Crippen LogP contribution in [0, 0.1) is 11.8 Å². The van der Waals surface area contributed by atoms with Crippen molar-refractivity contribution in [3.05, 3.63) is 35.5 Å². The van der Waals surface area contributed by atoms with Gasteiger partial charge in [0.1, 0.15) is 0 Å². The van der Waals surface area contributed by atoms with Crippen LogP contribution >= 0.6 is 0 Å². The van der Waals surface area contributed by atoms with E-state index >= 15 is 0 Å². The van der Waals surface area contributed by atoms with Crippen molar-refractivity contribution in [2.24, 2.45) is 17.6 Å². The molecule has 0 atom stereocenters. The van der Waals surface area contributed by atoms with Crippen LogP contribution in [-0.2, 0) is 6.42 Å². The Bertz CT molecular complexity index is 746. The summed E-state index contributed by atoms with van der Waals surface area (Å²) < 4.78 is 2.78. The lowest BCUT2D eigenvalue weighted by Crippen LogP contribution is -2.30. The largest absolute Gasteiger partial charge is 0.341 e. The second kappa shape index (κ2) is 8.36. The summed E-state index contributed by atoms with van der Waals surface area (Å²) in [5, 5.41) is 5.01. The molecule has 2 aromatic rings. The van der Waals surface area contributed by atoms with Crippen molar-refractivity contribution in [3.63, 3.8) is 0 Å². The van der Waals surface area contributed by atoms with Crippen molar-refractivity contribution in [2.45, 2.75) is 70.8 Å². The summed E-state index contributed by atoms with van der Waals surface area (Å²) in [6.07, 6.45) is 8.96. The Hall–Kier alpha value is -1.32. The van der Waals surface area contributed by atoms with Crippen LogP contribution in [0.3, 0.4) is 0 Å². The number of hydrogen-bond acceptors (Lipinski definition) is 2. The number of nitrogens with one attached hydrogen (secondary N) is 1. The summed E-state index contributed by atoms with van der Waals surface area (Å²) in [4.78, 5) is 0. The molecule has 1 aliphatic heterocycles. The standard InChI is InChI=1S/C24H37N3/c1-17(2)18-7-9-20(10-8-18)27-23-6-4-3-5-21(23)22(11-14-25)24(27)19-12-15-26-16-13-19/h3-6,17-20,26H,7-16,25H2,1-2H3. The van der Waals surface area contributed by atoms with E-state index in [0.717, 1.165) is 37.9 Å². The molecule has 1 aromatic heterocycles. The first-order chi connectivity index (χ1) is 13.2. The van der Waals surface area contributed by atoms with Gasteiger partial charge in [0, 0.05) is 28.6 Å². The maximum atomic E-state index is 6.07. The molecule has 2 fully saturated rings. The molecule has 3 N–H and O–H groups in total. The Morgan fingerprint density at radius 1 is 1.04 bits per heavy atom. The van der Waals surface area contributed by atoms with E-state index in [1.54, 1.807) is 11.3 Å². The van der Waals surface area contributed by atoms with Crippen LogP contribution in [0.2, 0.25) is 0 Å². The van der Waals surface area contributed by atoms with Gasteiger partial charge in [-0.3, -0.25) is 0 Å². The van der Waals surface area contributed by atoms with Gasteiger partial charge in [-0.15, -0.1) is 0 Å². The smallest absolute Gasteiger partial charge is 0.0488 e. The van der Waals surface area contributed by atoms with Crippen LogP contribution in [-0.4, -0.2) is 24.2 Å². The molecule has 1 aliphatic carbocycles. The van der Waals surface area contributed by atoms with Gasteiger partial charge < -0.3 is 15.6 Å². The van der Waals surface area contributed by atoms with Crippen molar-refractivity contribution in [1.29, 1.82) is 0 Å². The Morgan fingerprint density at radius 2 is 1.74 bits per heavy atom. The molecule has 2 aliphatic rings. The minimum Gasteiger partial charge on any atom is -0.341 e. The first kappa shape index (κ1) is 19.0. The fraction of sp³-hybridized carbons (Fsp3) is 0.667. The third-order valence-corrected chi connectivity index (χ3v) is 7.23. The molecule has 4 rings (SSSR count). The normalized spacial score (nSPS) is 24.7. The Kier molecular flexibility index (Phi) is 5.89. The fourth-order valence-electron chi connectivity index (χ4n) is 5.72. The van der Waals surface area contributed by atoms with Crippen LogP contribution in [0.4, 0.5) is 0 Å². The third kappa shape index (κ3) is 3.69. The lowest BCUT2D eigenvalue weighted by atomic mass is 9.79. The molecule has 0 bridgehead atoms. The van der Waals surface area contributed by atoms with Gasteiger partial charge in [-0.05, 0) is 88.0 Å². The Labute approximate surface area is 164 Å². The van der Waals surface area contributed by atoms with Crippen LogP contribution in [0.5, 0.6) is 0 Å². The van der Waals surface area contributed by atoms with Crippen LogP contribution < -0.4 is 11.1 Å². The molecular weight excluding hydrogens is 330 g/mol. The number of piperidine rings is 1. The van der Waals surface area contributed by atoms with Gasteiger partial charge in [0.15, 0.2) is 0 Å². The Morgan fingerprint density at radius 3 is 2.41 bits per heavy atom. The average molecular weight is 368 g/mol. The highest BCUT2D eigenvalue weighted by molar-refractivity contribution is 5.86. The molecule has 2 heterocycles. The quantitative estimate of drug-likeness (QED) is 0.781. The fourth-order valence-corrected chi connectivity index (χ4v) is 5.72. The molecule has 3 nitrogen and oxygen atoms in total. The van der Waals surface area contributed by atoms with Crippen LogP contribution in [0.1, 0.15) is 75.6 Å². The highest BCUT2D eigenvalue weighted by Gasteiger charge is 2.31. The van der Waals surface area contributed by atoms with Crippen molar-refractivity contribution in [3.8, 4) is 0 Å². The van der Waals surface area contributed by atoms with Crippen molar-refractivity contribution in [1.82, 2.24) is 9.88 Å². The zero-order valence-electron chi connectivity index (χ0n) is 17.2. The maximum Gasteiger partial charge on any atom is 0.0488 e. The number of aromatic nitrogens is 1. The van der Waals surface area contributed by atoms with Gasteiger partial charge in [-0.2, -0.15) is 0 Å².